The van der Waals surface area contributed by atoms with Gasteiger partial charge in [0.2, 0.25) is 5.91 Å². The van der Waals surface area contributed by atoms with Gasteiger partial charge in [0.15, 0.2) is 5.11 Å². The largest absolute Gasteiger partial charge is 0.375 e. The van der Waals surface area contributed by atoms with Crippen LogP contribution in [0.1, 0.15) is 23.5 Å². The van der Waals surface area contributed by atoms with Crippen LogP contribution in [0.3, 0.4) is 0 Å². The molecule has 3 heterocycles. The first-order chi connectivity index (χ1) is 14.6. The summed E-state index contributed by atoms with van der Waals surface area (Å²) in [7, 11) is 1.46. The number of thiocarbonyl (C=S) groups is 1. The Balaban J connectivity index is 1.69. The minimum atomic E-state index is -0.273. The molecule has 1 fully saturated rings. The van der Waals surface area contributed by atoms with Crippen molar-refractivity contribution < 1.29 is 9.53 Å². The van der Waals surface area contributed by atoms with Crippen LogP contribution in [0.5, 0.6) is 0 Å². The van der Waals surface area contributed by atoms with Gasteiger partial charge in [-0.3, -0.25) is 9.78 Å². The van der Waals surface area contributed by atoms with Gasteiger partial charge in [-0.1, -0.05) is 17.7 Å². The molecule has 0 radical (unpaired) electrons. The molecule has 0 spiro atoms. The number of aromatic nitrogens is 2. The summed E-state index contributed by atoms with van der Waals surface area (Å²) in [5.41, 5.74) is 3.20. The average Bonchev–Trinajstić information content (AvgIpc) is 3.38. The number of benzene rings is 1. The molecule has 30 heavy (non-hydrogen) atoms. The van der Waals surface area contributed by atoms with E-state index in [1.54, 1.807) is 18.3 Å². The van der Waals surface area contributed by atoms with Crippen LogP contribution >= 0.6 is 23.8 Å². The minimum Gasteiger partial charge on any atom is -0.375 e. The Morgan fingerprint density at radius 3 is 2.83 bits per heavy atom. The van der Waals surface area contributed by atoms with Crippen molar-refractivity contribution in [3.05, 3.63) is 77.3 Å². The molecule has 3 N–H and O–H groups in total. The van der Waals surface area contributed by atoms with Crippen LogP contribution in [-0.4, -0.2) is 34.7 Å². The summed E-state index contributed by atoms with van der Waals surface area (Å²) in [4.78, 5) is 21.6. The van der Waals surface area contributed by atoms with E-state index in [0.29, 0.717) is 15.8 Å². The summed E-state index contributed by atoms with van der Waals surface area (Å²) in [6.45, 7) is -0.0428. The summed E-state index contributed by atoms with van der Waals surface area (Å²) in [6, 6.07) is 14.9. The van der Waals surface area contributed by atoms with E-state index < -0.39 is 0 Å². The lowest BCUT2D eigenvalue weighted by Gasteiger charge is -2.27. The third kappa shape index (κ3) is 4.02. The number of anilines is 2. The second-order valence-corrected chi connectivity index (χ2v) is 7.56. The molecule has 154 valence electrons. The summed E-state index contributed by atoms with van der Waals surface area (Å²) >= 11 is 12.1. The number of nitrogens with one attached hydrogen (secondary N) is 3. The van der Waals surface area contributed by atoms with Gasteiger partial charge < -0.3 is 25.3 Å². The molecule has 0 bridgehead atoms. The monoisotopic (exact) mass is 441 g/mol. The van der Waals surface area contributed by atoms with E-state index in [0.717, 1.165) is 17.1 Å². The van der Waals surface area contributed by atoms with E-state index in [-0.39, 0.29) is 24.6 Å². The van der Waals surface area contributed by atoms with Gasteiger partial charge in [0.1, 0.15) is 12.6 Å². The number of ether oxygens (including phenoxy) is 1. The van der Waals surface area contributed by atoms with E-state index in [9.17, 15) is 4.79 Å². The first-order valence-electron chi connectivity index (χ1n) is 9.31. The van der Waals surface area contributed by atoms with E-state index >= 15 is 0 Å². The minimum absolute atomic E-state index is 0.0428. The first-order valence-corrected chi connectivity index (χ1v) is 10.1. The topological polar surface area (TPSA) is 82.3 Å². The Hall–Kier alpha value is -2.94. The second kappa shape index (κ2) is 8.83. The number of carbonyl (C=O) groups is 1. The van der Waals surface area contributed by atoms with Gasteiger partial charge in [0, 0.05) is 30.9 Å². The molecular weight excluding hydrogens is 422 g/mol. The number of carbonyl (C=O) groups excluding carboxylic acids is 1. The lowest BCUT2D eigenvalue weighted by Crippen LogP contribution is -2.29. The molecule has 4 rings (SSSR count). The number of H-pyrrole nitrogens is 1. The van der Waals surface area contributed by atoms with Crippen molar-refractivity contribution in [3.8, 4) is 0 Å². The number of amides is 1. The third-order valence-corrected chi connectivity index (χ3v) is 5.45. The Kier molecular flexibility index (Phi) is 5.98. The van der Waals surface area contributed by atoms with E-state index in [2.05, 4.69) is 20.6 Å². The fraction of sp³-hybridized carbons (Fsp3) is 0.190. The molecule has 9 heteroatoms. The predicted molar refractivity (Wildman–Crippen MR) is 121 cm³/mol. The van der Waals surface area contributed by atoms with Gasteiger partial charge in [0.05, 0.1) is 22.4 Å². The zero-order valence-electron chi connectivity index (χ0n) is 16.1. The highest BCUT2D eigenvalue weighted by Crippen LogP contribution is 2.42. The molecule has 2 atom stereocenters. The van der Waals surface area contributed by atoms with Gasteiger partial charge in [0.25, 0.3) is 0 Å². The number of rotatable bonds is 6. The molecule has 0 saturated carbocycles. The highest BCUT2D eigenvalue weighted by atomic mass is 35.5. The van der Waals surface area contributed by atoms with Crippen LogP contribution in [0.15, 0.2) is 60.9 Å². The van der Waals surface area contributed by atoms with Crippen molar-refractivity contribution >= 4 is 46.2 Å². The predicted octanol–water partition coefficient (Wildman–Crippen LogP) is 3.83. The van der Waals surface area contributed by atoms with E-state index in [4.69, 9.17) is 28.6 Å². The van der Waals surface area contributed by atoms with E-state index in [1.165, 1.54) is 7.11 Å². The van der Waals surface area contributed by atoms with Gasteiger partial charge in [-0.2, -0.15) is 0 Å². The molecule has 1 amide bonds. The highest BCUT2D eigenvalue weighted by molar-refractivity contribution is 7.80. The standard InChI is InChI=1S/C21H20ClN5O2S/c1-29-12-18(28)25-15-8-7-13(11-14(15)22)27-20(17-6-4-10-24-17)19(26-21(27)30)16-5-2-3-9-23-16/h2-11,19-20,24H,12H2,1H3,(H,25,28)(H,26,30)/t19-,20+/m1/s1. The van der Waals surface area contributed by atoms with Crippen molar-refractivity contribution in [1.29, 1.82) is 0 Å². The summed E-state index contributed by atoms with van der Waals surface area (Å²) in [6.07, 6.45) is 3.65. The lowest BCUT2D eigenvalue weighted by molar-refractivity contribution is -0.119. The number of methoxy groups -OCH3 is 1. The number of aromatic amines is 1. The van der Waals surface area contributed by atoms with Crippen molar-refractivity contribution in [2.24, 2.45) is 0 Å². The number of pyridine rings is 1. The number of nitrogens with zero attached hydrogens (tertiary/aromatic N) is 2. The van der Waals surface area contributed by atoms with Crippen LogP contribution in [0, 0.1) is 0 Å². The van der Waals surface area contributed by atoms with Crippen LogP contribution in [-0.2, 0) is 9.53 Å². The number of halogens is 1. The van der Waals surface area contributed by atoms with Crippen molar-refractivity contribution in [3.63, 3.8) is 0 Å². The molecular formula is C21H20ClN5O2S. The lowest BCUT2D eigenvalue weighted by atomic mass is 10.0. The highest BCUT2D eigenvalue weighted by Gasteiger charge is 2.41. The molecule has 0 aliphatic carbocycles. The van der Waals surface area contributed by atoms with Crippen LogP contribution in [0.2, 0.25) is 5.02 Å². The quantitative estimate of drug-likeness (QED) is 0.504. The van der Waals surface area contributed by atoms with Gasteiger partial charge in [-0.05, 0) is 54.7 Å². The molecule has 1 saturated heterocycles. The van der Waals surface area contributed by atoms with Crippen LogP contribution in [0.25, 0.3) is 0 Å². The zero-order chi connectivity index (χ0) is 21.1. The fourth-order valence-electron chi connectivity index (χ4n) is 3.55. The SMILES string of the molecule is COCC(=O)Nc1ccc(N2C(=S)N[C@H](c3ccccn3)[C@@H]2c2ccc[nH]2)cc1Cl. The molecule has 7 nitrogen and oxygen atoms in total. The van der Waals surface area contributed by atoms with Crippen LogP contribution < -0.4 is 15.5 Å². The van der Waals surface area contributed by atoms with Crippen molar-refractivity contribution in [2.75, 3.05) is 23.9 Å². The van der Waals surface area contributed by atoms with E-state index in [1.807, 2.05) is 47.5 Å². The molecule has 1 aliphatic heterocycles. The Labute approximate surface area is 184 Å². The Morgan fingerprint density at radius 1 is 1.30 bits per heavy atom. The number of hydrogen-bond donors (Lipinski definition) is 3. The summed E-state index contributed by atoms with van der Waals surface area (Å²) in [5, 5.41) is 7.10. The maximum Gasteiger partial charge on any atom is 0.250 e. The molecule has 1 aromatic carbocycles. The average molecular weight is 442 g/mol. The fourth-order valence-corrected chi connectivity index (χ4v) is 4.12. The second-order valence-electron chi connectivity index (χ2n) is 6.77. The summed E-state index contributed by atoms with van der Waals surface area (Å²) in [5.74, 6) is -0.273. The number of hydrogen-bond acceptors (Lipinski definition) is 4. The van der Waals surface area contributed by atoms with Gasteiger partial charge >= 0.3 is 0 Å². The van der Waals surface area contributed by atoms with Crippen molar-refractivity contribution in [2.45, 2.75) is 12.1 Å². The Morgan fingerprint density at radius 2 is 2.17 bits per heavy atom. The third-order valence-electron chi connectivity index (χ3n) is 4.82. The summed E-state index contributed by atoms with van der Waals surface area (Å²) < 4.78 is 4.85. The maximum atomic E-state index is 11.8. The van der Waals surface area contributed by atoms with Gasteiger partial charge in [-0.25, -0.2) is 0 Å². The smallest absolute Gasteiger partial charge is 0.250 e. The van der Waals surface area contributed by atoms with Gasteiger partial charge in [-0.15, -0.1) is 0 Å². The molecule has 2 aromatic heterocycles. The molecule has 0 unspecified atom stereocenters. The zero-order valence-corrected chi connectivity index (χ0v) is 17.7. The molecule has 1 aliphatic rings. The first kappa shape index (κ1) is 20.3. The van der Waals surface area contributed by atoms with Crippen molar-refractivity contribution in [1.82, 2.24) is 15.3 Å². The van der Waals surface area contributed by atoms with Crippen LogP contribution in [0.4, 0.5) is 11.4 Å². The Bertz CT molecular complexity index is 1040. The maximum absolute atomic E-state index is 11.8. The normalized spacial score (nSPS) is 18.3. The molecule has 3 aromatic rings.